The van der Waals surface area contributed by atoms with E-state index in [0.29, 0.717) is 17.7 Å². The fourth-order valence-electron chi connectivity index (χ4n) is 1.82. The van der Waals surface area contributed by atoms with Crippen molar-refractivity contribution in [3.63, 3.8) is 0 Å². The third-order valence-electron chi connectivity index (χ3n) is 2.91. The molecule has 21 heavy (non-hydrogen) atoms. The largest absolute Gasteiger partial charge is 0.508 e. The van der Waals surface area contributed by atoms with E-state index in [1.807, 2.05) is 6.92 Å². The number of hydrogen-bond donors (Lipinski definition) is 2. The predicted octanol–water partition coefficient (Wildman–Crippen LogP) is 3.08. The average Bonchev–Trinajstić information content (AvgIpc) is 2.49. The summed E-state index contributed by atoms with van der Waals surface area (Å²) in [5.74, 6) is -0.724. The highest BCUT2D eigenvalue weighted by molar-refractivity contribution is 6.02. The lowest BCUT2D eigenvalue weighted by molar-refractivity contribution is 0.0954. The van der Waals surface area contributed by atoms with Crippen LogP contribution in [-0.4, -0.2) is 16.7 Å². The number of amides is 1. The van der Waals surface area contributed by atoms with Crippen LogP contribution in [0.5, 0.6) is 5.75 Å². The summed E-state index contributed by atoms with van der Waals surface area (Å²) in [5.41, 5.74) is 4.14. The van der Waals surface area contributed by atoms with E-state index >= 15 is 0 Å². The van der Waals surface area contributed by atoms with Crippen molar-refractivity contribution in [2.75, 3.05) is 0 Å². The number of carbonyl (C=O) groups excluding carboxylic acids is 1. The Morgan fingerprint density at radius 1 is 1.19 bits per heavy atom. The Bertz CT molecular complexity index is 666. The van der Waals surface area contributed by atoms with Gasteiger partial charge in [0.1, 0.15) is 11.6 Å². The number of carbonyl (C=O) groups is 1. The summed E-state index contributed by atoms with van der Waals surface area (Å²) in [4.78, 5) is 11.9. The van der Waals surface area contributed by atoms with Gasteiger partial charge in [0, 0.05) is 5.56 Å². The summed E-state index contributed by atoms with van der Waals surface area (Å²) in [6.45, 7) is 1.89. The second-order valence-electron chi connectivity index (χ2n) is 4.41. The van der Waals surface area contributed by atoms with Crippen molar-refractivity contribution in [1.29, 1.82) is 0 Å². The van der Waals surface area contributed by atoms with Crippen molar-refractivity contribution in [3.05, 3.63) is 65.5 Å². The molecular formula is C16H15FN2O2. The maximum absolute atomic E-state index is 12.9. The number of hydrogen-bond acceptors (Lipinski definition) is 3. The van der Waals surface area contributed by atoms with Gasteiger partial charge in [-0.2, -0.15) is 5.10 Å². The molecule has 4 nitrogen and oxygen atoms in total. The fraction of sp³-hybridized carbons (Fsp3) is 0.125. The van der Waals surface area contributed by atoms with Gasteiger partial charge in [-0.25, -0.2) is 9.82 Å². The highest BCUT2D eigenvalue weighted by Crippen LogP contribution is 2.11. The topological polar surface area (TPSA) is 61.7 Å². The first kappa shape index (κ1) is 14.7. The number of aromatic hydroxyl groups is 1. The van der Waals surface area contributed by atoms with E-state index in [1.54, 1.807) is 24.3 Å². The minimum Gasteiger partial charge on any atom is -0.508 e. The molecule has 0 aliphatic carbocycles. The predicted molar refractivity (Wildman–Crippen MR) is 78.8 cm³/mol. The molecule has 2 aromatic rings. The van der Waals surface area contributed by atoms with Gasteiger partial charge in [0.2, 0.25) is 0 Å². The van der Waals surface area contributed by atoms with Crippen LogP contribution >= 0.6 is 0 Å². The van der Waals surface area contributed by atoms with Crippen LogP contribution in [0.4, 0.5) is 4.39 Å². The molecule has 1 amide bonds. The van der Waals surface area contributed by atoms with Crippen LogP contribution in [-0.2, 0) is 0 Å². The maximum Gasteiger partial charge on any atom is 0.271 e. The van der Waals surface area contributed by atoms with E-state index in [0.717, 1.165) is 5.56 Å². The molecule has 0 saturated heterocycles. The number of halogens is 1. The molecule has 0 atom stereocenters. The third-order valence-corrected chi connectivity index (χ3v) is 2.91. The van der Waals surface area contributed by atoms with Crippen LogP contribution in [0, 0.1) is 5.82 Å². The molecule has 2 N–H and O–H groups in total. The van der Waals surface area contributed by atoms with Gasteiger partial charge in [-0.3, -0.25) is 4.79 Å². The van der Waals surface area contributed by atoms with E-state index in [-0.39, 0.29) is 11.6 Å². The van der Waals surface area contributed by atoms with Crippen LogP contribution in [0.25, 0.3) is 0 Å². The van der Waals surface area contributed by atoms with Gasteiger partial charge in [-0.05, 0) is 42.3 Å². The molecule has 0 saturated carbocycles. The van der Waals surface area contributed by atoms with Crippen molar-refractivity contribution in [1.82, 2.24) is 5.43 Å². The molecular weight excluding hydrogens is 271 g/mol. The Morgan fingerprint density at radius 3 is 2.52 bits per heavy atom. The van der Waals surface area contributed by atoms with Crippen LogP contribution in [0.2, 0.25) is 0 Å². The number of hydrazone groups is 1. The van der Waals surface area contributed by atoms with Crippen molar-refractivity contribution in [2.24, 2.45) is 5.10 Å². The van der Waals surface area contributed by atoms with Gasteiger partial charge >= 0.3 is 0 Å². The number of rotatable bonds is 4. The van der Waals surface area contributed by atoms with Crippen LogP contribution in [0.1, 0.15) is 29.3 Å². The standard InChI is InChI=1S/C16H15FN2O2/c1-2-15(11-6-8-13(17)9-7-11)18-19-16(21)12-4-3-5-14(20)10-12/h3-10,20H,2H2,1H3,(H,19,21)/b18-15-. The lowest BCUT2D eigenvalue weighted by Crippen LogP contribution is -2.19. The molecule has 0 aromatic heterocycles. The lowest BCUT2D eigenvalue weighted by atomic mass is 10.1. The normalized spacial score (nSPS) is 11.2. The Kier molecular flexibility index (Phi) is 4.66. The monoisotopic (exact) mass is 286 g/mol. The van der Waals surface area contributed by atoms with E-state index in [2.05, 4.69) is 10.5 Å². The molecule has 0 spiro atoms. The highest BCUT2D eigenvalue weighted by Gasteiger charge is 2.07. The molecule has 0 aliphatic rings. The van der Waals surface area contributed by atoms with Gasteiger partial charge in [0.15, 0.2) is 0 Å². The van der Waals surface area contributed by atoms with Gasteiger partial charge in [0.05, 0.1) is 5.71 Å². The summed E-state index contributed by atoms with van der Waals surface area (Å²) >= 11 is 0. The molecule has 0 fully saturated rings. The van der Waals surface area contributed by atoms with E-state index in [4.69, 9.17) is 0 Å². The molecule has 0 bridgehead atoms. The SMILES string of the molecule is CC/C(=N/NC(=O)c1cccc(O)c1)c1ccc(F)cc1. The maximum atomic E-state index is 12.9. The van der Waals surface area contributed by atoms with Crippen molar-refractivity contribution >= 4 is 11.6 Å². The summed E-state index contributed by atoms with van der Waals surface area (Å²) in [6, 6.07) is 11.9. The minimum atomic E-state index is -0.418. The third kappa shape index (κ3) is 3.89. The summed E-state index contributed by atoms with van der Waals surface area (Å²) < 4.78 is 12.9. The quantitative estimate of drug-likeness (QED) is 0.670. The fourth-order valence-corrected chi connectivity index (χ4v) is 1.82. The van der Waals surface area contributed by atoms with Gasteiger partial charge in [-0.15, -0.1) is 0 Å². The first-order valence-electron chi connectivity index (χ1n) is 6.52. The van der Waals surface area contributed by atoms with Crippen molar-refractivity contribution in [2.45, 2.75) is 13.3 Å². The summed E-state index contributed by atoms with van der Waals surface area (Å²) in [6.07, 6.45) is 0.589. The summed E-state index contributed by atoms with van der Waals surface area (Å²) in [7, 11) is 0. The Labute approximate surface area is 121 Å². The second kappa shape index (κ2) is 6.65. The van der Waals surface area contributed by atoms with Gasteiger partial charge in [-0.1, -0.05) is 25.1 Å². The van der Waals surface area contributed by atoms with E-state index in [1.165, 1.54) is 24.3 Å². The number of benzene rings is 2. The summed E-state index contributed by atoms with van der Waals surface area (Å²) in [5, 5.41) is 13.4. The van der Waals surface area contributed by atoms with E-state index < -0.39 is 5.91 Å². The average molecular weight is 286 g/mol. The first-order valence-corrected chi connectivity index (χ1v) is 6.52. The Hall–Kier alpha value is -2.69. The van der Waals surface area contributed by atoms with Crippen molar-refractivity contribution < 1.29 is 14.3 Å². The molecule has 0 radical (unpaired) electrons. The molecule has 2 rings (SSSR count). The number of phenols is 1. The smallest absolute Gasteiger partial charge is 0.271 e. The molecule has 0 unspecified atom stereocenters. The van der Waals surface area contributed by atoms with Crippen molar-refractivity contribution in [3.8, 4) is 5.75 Å². The molecule has 0 aliphatic heterocycles. The highest BCUT2D eigenvalue weighted by atomic mass is 19.1. The van der Waals surface area contributed by atoms with Crippen LogP contribution in [0.3, 0.4) is 0 Å². The van der Waals surface area contributed by atoms with Gasteiger partial charge in [0.25, 0.3) is 5.91 Å². The zero-order chi connectivity index (χ0) is 15.2. The van der Waals surface area contributed by atoms with E-state index in [9.17, 15) is 14.3 Å². The molecule has 2 aromatic carbocycles. The number of nitrogens with zero attached hydrogens (tertiary/aromatic N) is 1. The van der Waals surface area contributed by atoms with Crippen LogP contribution < -0.4 is 5.43 Å². The molecule has 0 heterocycles. The zero-order valence-corrected chi connectivity index (χ0v) is 11.5. The molecule has 5 heteroatoms. The minimum absolute atomic E-state index is 0.0147. The first-order chi connectivity index (χ1) is 10.1. The Balaban J connectivity index is 2.14. The number of nitrogens with one attached hydrogen (secondary N) is 1. The van der Waals surface area contributed by atoms with Crippen LogP contribution in [0.15, 0.2) is 53.6 Å². The lowest BCUT2D eigenvalue weighted by Gasteiger charge is -2.05. The van der Waals surface area contributed by atoms with Gasteiger partial charge < -0.3 is 5.11 Å². The molecule has 108 valence electrons. The number of phenolic OH excluding ortho intramolecular Hbond substituents is 1. The Morgan fingerprint density at radius 2 is 1.90 bits per heavy atom. The second-order valence-corrected chi connectivity index (χ2v) is 4.41. The zero-order valence-electron chi connectivity index (χ0n) is 11.5.